The molecule has 0 aromatic heterocycles. The summed E-state index contributed by atoms with van der Waals surface area (Å²) in [6, 6.07) is 0. The second-order valence-electron chi connectivity index (χ2n) is 15.1. The standard InChI is InChI=1S/C48H86O5/c1-3-5-7-9-11-13-15-16-17-18-19-20-21-22-23-24-25-26-27-28-29-30-31-32-33-35-37-39-41-43-48(51)53-46(44-49)45-52-47(50)42-40-38-36-34-14-12-10-8-6-4-2/h8,10,15-16,18-19,21-22,46,49H,3-7,9,11-14,17,20,23-45H2,1-2H3/b10-8-,16-15-,19-18-,22-21-. The SMILES string of the molecule is CCC/C=C\CCCCCCCC(=O)OCC(CO)OC(=O)CCCCCCCCCCCCCCCC/C=C\C/C=C\C/C=C\CCCCCCC. The minimum atomic E-state index is -0.773. The van der Waals surface area contributed by atoms with Gasteiger partial charge in [0.05, 0.1) is 6.61 Å². The number of ether oxygens (including phenoxy) is 2. The van der Waals surface area contributed by atoms with Crippen molar-refractivity contribution in [2.75, 3.05) is 13.2 Å². The number of carbonyl (C=O) groups is 2. The summed E-state index contributed by atoms with van der Waals surface area (Å²) in [5.74, 6) is -0.601. The number of carbonyl (C=O) groups excluding carboxylic acids is 2. The molecule has 1 unspecified atom stereocenters. The minimum absolute atomic E-state index is 0.0699. The average Bonchev–Trinajstić information content (AvgIpc) is 3.16. The zero-order chi connectivity index (χ0) is 38.6. The second kappa shape index (κ2) is 44.3. The molecule has 0 saturated heterocycles. The Hall–Kier alpha value is -2.14. The van der Waals surface area contributed by atoms with Gasteiger partial charge in [-0.25, -0.2) is 0 Å². The second-order valence-corrected chi connectivity index (χ2v) is 15.1. The molecule has 53 heavy (non-hydrogen) atoms. The average molecular weight is 743 g/mol. The van der Waals surface area contributed by atoms with Crippen molar-refractivity contribution < 1.29 is 24.2 Å². The van der Waals surface area contributed by atoms with Crippen LogP contribution < -0.4 is 0 Å². The van der Waals surface area contributed by atoms with E-state index in [1.54, 1.807) is 0 Å². The Labute approximate surface area is 328 Å². The van der Waals surface area contributed by atoms with Gasteiger partial charge in [0.1, 0.15) is 6.61 Å². The summed E-state index contributed by atoms with van der Waals surface area (Å²) in [5, 5.41) is 9.56. The Bertz CT molecular complexity index is 888. The maximum absolute atomic E-state index is 12.2. The third-order valence-corrected chi connectivity index (χ3v) is 9.83. The molecular formula is C48H86O5. The highest BCUT2D eigenvalue weighted by Gasteiger charge is 2.16. The predicted molar refractivity (Wildman–Crippen MR) is 228 cm³/mol. The van der Waals surface area contributed by atoms with Crippen molar-refractivity contribution in [3.63, 3.8) is 0 Å². The monoisotopic (exact) mass is 743 g/mol. The molecule has 1 atom stereocenters. The molecule has 0 aromatic rings. The molecule has 0 spiro atoms. The van der Waals surface area contributed by atoms with E-state index in [4.69, 9.17) is 9.47 Å². The lowest BCUT2D eigenvalue weighted by Crippen LogP contribution is -2.28. The van der Waals surface area contributed by atoms with E-state index in [2.05, 4.69) is 62.5 Å². The van der Waals surface area contributed by atoms with Crippen LogP contribution in [0.25, 0.3) is 0 Å². The van der Waals surface area contributed by atoms with Gasteiger partial charge in [0, 0.05) is 12.8 Å². The lowest BCUT2D eigenvalue weighted by molar-refractivity contribution is -0.161. The molecule has 0 fully saturated rings. The van der Waals surface area contributed by atoms with Crippen LogP contribution >= 0.6 is 0 Å². The van der Waals surface area contributed by atoms with Crippen LogP contribution in [0.15, 0.2) is 48.6 Å². The van der Waals surface area contributed by atoms with Crippen molar-refractivity contribution in [1.82, 2.24) is 0 Å². The molecule has 5 heteroatoms. The number of hydrogen-bond acceptors (Lipinski definition) is 5. The molecule has 1 N–H and O–H groups in total. The fourth-order valence-corrected chi connectivity index (χ4v) is 6.39. The smallest absolute Gasteiger partial charge is 0.306 e. The van der Waals surface area contributed by atoms with Gasteiger partial charge in [-0.1, -0.05) is 191 Å². The number of allylic oxidation sites excluding steroid dienone is 8. The maximum atomic E-state index is 12.2. The molecule has 0 aliphatic carbocycles. The van der Waals surface area contributed by atoms with Crippen molar-refractivity contribution >= 4 is 11.9 Å². The number of aliphatic hydroxyl groups excluding tert-OH is 1. The first kappa shape index (κ1) is 50.9. The summed E-state index contributed by atoms with van der Waals surface area (Å²) in [6.07, 6.45) is 56.3. The van der Waals surface area contributed by atoms with Gasteiger partial charge in [0.2, 0.25) is 0 Å². The number of esters is 2. The summed E-state index contributed by atoms with van der Waals surface area (Å²) in [5.41, 5.74) is 0. The molecule has 0 saturated carbocycles. The number of rotatable bonds is 41. The van der Waals surface area contributed by atoms with Gasteiger partial charge in [-0.05, 0) is 70.6 Å². The lowest BCUT2D eigenvalue weighted by Gasteiger charge is -2.15. The number of unbranched alkanes of at least 4 members (excludes halogenated alkanes) is 25. The summed E-state index contributed by atoms with van der Waals surface area (Å²) in [4.78, 5) is 24.2. The van der Waals surface area contributed by atoms with Crippen LogP contribution in [-0.2, 0) is 19.1 Å². The molecule has 0 rings (SSSR count). The zero-order valence-corrected chi connectivity index (χ0v) is 35.0. The fraction of sp³-hybridized carbons (Fsp3) is 0.792. The third kappa shape index (κ3) is 42.5. The highest BCUT2D eigenvalue weighted by Crippen LogP contribution is 2.15. The summed E-state index contributed by atoms with van der Waals surface area (Å²) in [6.45, 7) is 4.06. The highest BCUT2D eigenvalue weighted by molar-refractivity contribution is 5.70. The first-order valence-corrected chi connectivity index (χ1v) is 22.7. The van der Waals surface area contributed by atoms with Crippen LogP contribution in [0, 0.1) is 0 Å². The summed E-state index contributed by atoms with van der Waals surface area (Å²) in [7, 11) is 0. The summed E-state index contributed by atoms with van der Waals surface area (Å²) >= 11 is 0. The van der Waals surface area contributed by atoms with E-state index >= 15 is 0 Å². The number of hydrogen-bond donors (Lipinski definition) is 1. The van der Waals surface area contributed by atoms with Crippen LogP contribution in [0.4, 0.5) is 0 Å². The Balaban J connectivity index is 3.47. The normalized spacial score (nSPS) is 12.6. The molecule has 0 aliphatic heterocycles. The van der Waals surface area contributed by atoms with E-state index in [0.717, 1.165) is 64.2 Å². The highest BCUT2D eigenvalue weighted by atomic mass is 16.6. The van der Waals surface area contributed by atoms with E-state index in [-0.39, 0.29) is 25.2 Å². The molecule has 308 valence electrons. The van der Waals surface area contributed by atoms with E-state index < -0.39 is 6.10 Å². The van der Waals surface area contributed by atoms with Gasteiger partial charge in [-0.3, -0.25) is 9.59 Å². The third-order valence-electron chi connectivity index (χ3n) is 9.83. The largest absolute Gasteiger partial charge is 0.462 e. The first-order valence-electron chi connectivity index (χ1n) is 22.7. The van der Waals surface area contributed by atoms with Crippen LogP contribution in [0.2, 0.25) is 0 Å². The van der Waals surface area contributed by atoms with E-state index in [1.807, 2.05) is 0 Å². The first-order chi connectivity index (χ1) is 26.1. The number of aliphatic hydroxyl groups is 1. The minimum Gasteiger partial charge on any atom is -0.462 e. The van der Waals surface area contributed by atoms with Crippen molar-refractivity contribution in [2.45, 2.75) is 232 Å². The quantitative estimate of drug-likeness (QED) is 0.0384. The molecule has 5 nitrogen and oxygen atoms in total. The topological polar surface area (TPSA) is 72.8 Å². The van der Waals surface area contributed by atoms with Crippen LogP contribution in [0.5, 0.6) is 0 Å². The molecule has 0 aliphatic rings. The van der Waals surface area contributed by atoms with Crippen LogP contribution in [0.1, 0.15) is 226 Å². The van der Waals surface area contributed by atoms with Gasteiger partial charge < -0.3 is 14.6 Å². The van der Waals surface area contributed by atoms with E-state index in [9.17, 15) is 14.7 Å². The van der Waals surface area contributed by atoms with Crippen molar-refractivity contribution in [3.05, 3.63) is 48.6 Å². The molecule has 0 aromatic carbocycles. The molecule has 0 radical (unpaired) electrons. The van der Waals surface area contributed by atoms with Crippen molar-refractivity contribution in [1.29, 1.82) is 0 Å². The Morgan fingerprint density at radius 1 is 0.434 bits per heavy atom. The van der Waals surface area contributed by atoms with Crippen LogP contribution in [0.3, 0.4) is 0 Å². The van der Waals surface area contributed by atoms with Gasteiger partial charge in [-0.15, -0.1) is 0 Å². The van der Waals surface area contributed by atoms with Crippen molar-refractivity contribution in [2.24, 2.45) is 0 Å². The van der Waals surface area contributed by atoms with E-state index in [1.165, 1.54) is 135 Å². The Morgan fingerprint density at radius 2 is 0.792 bits per heavy atom. The predicted octanol–water partition coefficient (Wildman–Crippen LogP) is 14.6. The van der Waals surface area contributed by atoms with E-state index in [0.29, 0.717) is 12.8 Å². The molecule has 0 amide bonds. The van der Waals surface area contributed by atoms with Crippen LogP contribution in [-0.4, -0.2) is 36.4 Å². The molecular weight excluding hydrogens is 657 g/mol. The molecule has 0 bridgehead atoms. The van der Waals surface area contributed by atoms with Crippen molar-refractivity contribution in [3.8, 4) is 0 Å². The maximum Gasteiger partial charge on any atom is 0.306 e. The summed E-state index contributed by atoms with van der Waals surface area (Å²) < 4.78 is 10.6. The Morgan fingerprint density at radius 3 is 1.23 bits per heavy atom. The van der Waals surface area contributed by atoms with Gasteiger partial charge >= 0.3 is 11.9 Å². The fourth-order valence-electron chi connectivity index (χ4n) is 6.39. The van der Waals surface area contributed by atoms with Gasteiger partial charge in [0.25, 0.3) is 0 Å². The molecule has 0 heterocycles. The van der Waals surface area contributed by atoms with Gasteiger partial charge in [0.15, 0.2) is 6.10 Å². The Kier molecular flexibility index (Phi) is 42.5. The van der Waals surface area contributed by atoms with Gasteiger partial charge in [-0.2, -0.15) is 0 Å². The lowest BCUT2D eigenvalue weighted by atomic mass is 10.0. The zero-order valence-electron chi connectivity index (χ0n) is 35.0.